The third-order valence-electron chi connectivity index (χ3n) is 3.81. The number of rotatable bonds is 4. The quantitative estimate of drug-likeness (QED) is 0.748. The molecule has 24 heavy (non-hydrogen) atoms. The molecule has 0 radical (unpaired) electrons. The molecule has 1 aromatic heterocycles. The molecule has 1 aliphatic rings. The van der Waals surface area contributed by atoms with Gasteiger partial charge in [-0.1, -0.05) is 12.1 Å². The van der Waals surface area contributed by atoms with Crippen molar-refractivity contribution in [2.24, 2.45) is 0 Å². The predicted molar refractivity (Wildman–Crippen MR) is 82.6 cm³/mol. The maximum absolute atomic E-state index is 13.2. The van der Waals surface area contributed by atoms with E-state index < -0.39 is 11.8 Å². The minimum Gasteiger partial charge on any atom is -0.342 e. The second-order valence-corrected chi connectivity index (χ2v) is 5.38. The summed E-state index contributed by atoms with van der Waals surface area (Å²) in [5, 5.41) is 0.771. The lowest BCUT2D eigenvalue weighted by Gasteiger charge is -2.12. The second kappa shape index (κ2) is 5.54. The number of imide groups is 1. The van der Waals surface area contributed by atoms with E-state index in [1.807, 2.05) is 0 Å². The Morgan fingerprint density at radius 3 is 2.50 bits per heavy atom. The van der Waals surface area contributed by atoms with E-state index in [-0.39, 0.29) is 12.4 Å². The number of hydrogen-bond donors (Lipinski definition) is 1. The number of nitrogens with one attached hydrogen (secondary N) is 1. The van der Waals surface area contributed by atoms with Gasteiger partial charge >= 0.3 is 0 Å². The molecule has 0 saturated carbocycles. The fourth-order valence-electron chi connectivity index (χ4n) is 2.67. The lowest BCUT2D eigenvalue weighted by Crippen LogP contribution is -2.30. The lowest BCUT2D eigenvalue weighted by atomic mass is 10.1. The van der Waals surface area contributed by atoms with E-state index >= 15 is 0 Å². The topological polar surface area (TPSA) is 75.3 Å². The first-order valence-corrected chi connectivity index (χ1v) is 7.38. The van der Waals surface area contributed by atoms with Crippen LogP contribution >= 0.6 is 0 Å². The number of carbonyl (C=O) groups is 2. The minimum absolute atomic E-state index is 0.0910. The van der Waals surface area contributed by atoms with Crippen molar-refractivity contribution in [3.8, 4) is 0 Å². The highest BCUT2D eigenvalue weighted by Gasteiger charge is 2.36. The van der Waals surface area contributed by atoms with E-state index in [1.165, 1.54) is 12.1 Å². The van der Waals surface area contributed by atoms with Crippen LogP contribution in [-0.2, 0) is 11.3 Å². The van der Waals surface area contributed by atoms with Gasteiger partial charge in [0.2, 0.25) is 0 Å². The van der Waals surface area contributed by atoms with Crippen LogP contribution in [0.1, 0.15) is 26.5 Å². The van der Waals surface area contributed by atoms with Gasteiger partial charge in [-0.05, 0) is 30.3 Å². The Morgan fingerprint density at radius 2 is 1.79 bits per heavy atom. The van der Waals surface area contributed by atoms with Gasteiger partial charge in [0.05, 0.1) is 28.8 Å². The van der Waals surface area contributed by atoms with Crippen molar-refractivity contribution in [1.29, 1.82) is 0 Å². The number of H-pyrrole nitrogens is 1. The van der Waals surface area contributed by atoms with Gasteiger partial charge in [-0.25, -0.2) is 9.37 Å². The number of amides is 2. The molecule has 2 amide bonds. The van der Waals surface area contributed by atoms with E-state index in [0.29, 0.717) is 34.4 Å². The number of imidazole rings is 1. The highest BCUT2D eigenvalue weighted by Crippen LogP contribution is 2.22. The number of hydrogen-bond acceptors (Lipinski definition) is 4. The van der Waals surface area contributed by atoms with Gasteiger partial charge in [-0.2, -0.15) is 0 Å². The molecule has 0 saturated heterocycles. The second-order valence-electron chi connectivity index (χ2n) is 5.38. The Bertz CT molecular complexity index is 932. The summed E-state index contributed by atoms with van der Waals surface area (Å²) in [6.07, 6.45) is 0.351. The van der Waals surface area contributed by atoms with Crippen molar-refractivity contribution in [3.63, 3.8) is 0 Å². The molecule has 0 atom stereocenters. The number of hydroxylamine groups is 2. The van der Waals surface area contributed by atoms with Gasteiger partial charge in [0, 0.05) is 6.42 Å². The van der Waals surface area contributed by atoms with Gasteiger partial charge in [0.15, 0.2) is 0 Å². The number of carbonyl (C=O) groups excluding carboxylic acids is 2. The molecule has 3 aromatic rings. The smallest absolute Gasteiger partial charge is 0.285 e. The monoisotopic (exact) mass is 325 g/mol. The number of aromatic amines is 1. The molecule has 1 N–H and O–H groups in total. The molecule has 120 valence electrons. The van der Waals surface area contributed by atoms with E-state index in [4.69, 9.17) is 4.84 Å². The number of fused-ring (bicyclic) bond motifs is 2. The summed E-state index contributed by atoms with van der Waals surface area (Å²) in [5.41, 5.74) is 1.90. The SMILES string of the molecule is O=C1c2ccccc2C(=O)N1OCCc1nc2ccc(F)cc2[nH]1. The van der Waals surface area contributed by atoms with Crippen LogP contribution in [-0.4, -0.2) is 33.5 Å². The molecular formula is C17H12FN3O3. The van der Waals surface area contributed by atoms with Gasteiger partial charge in [-0.3, -0.25) is 14.4 Å². The van der Waals surface area contributed by atoms with Crippen molar-refractivity contribution in [2.75, 3.05) is 6.61 Å². The summed E-state index contributed by atoms with van der Waals surface area (Å²) in [5.74, 6) is -0.697. The summed E-state index contributed by atoms with van der Waals surface area (Å²) >= 11 is 0. The largest absolute Gasteiger partial charge is 0.342 e. The maximum atomic E-state index is 13.2. The van der Waals surface area contributed by atoms with Crippen LogP contribution in [0.5, 0.6) is 0 Å². The zero-order chi connectivity index (χ0) is 16.7. The van der Waals surface area contributed by atoms with Crippen LogP contribution in [0.3, 0.4) is 0 Å². The molecule has 7 heteroatoms. The molecule has 0 aliphatic carbocycles. The highest BCUT2D eigenvalue weighted by atomic mass is 19.1. The molecule has 0 bridgehead atoms. The van der Waals surface area contributed by atoms with Crippen LogP contribution in [0.2, 0.25) is 0 Å². The summed E-state index contributed by atoms with van der Waals surface area (Å²) in [4.78, 5) is 36.9. The Morgan fingerprint density at radius 1 is 1.08 bits per heavy atom. The molecule has 4 rings (SSSR count). The van der Waals surface area contributed by atoms with Crippen LogP contribution < -0.4 is 0 Å². The van der Waals surface area contributed by atoms with Crippen LogP contribution in [0.15, 0.2) is 42.5 Å². The first kappa shape index (κ1) is 14.5. The van der Waals surface area contributed by atoms with Crippen LogP contribution in [0, 0.1) is 5.82 Å². The van der Waals surface area contributed by atoms with Gasteiger partial charge in [0.1, 0.15) is 11.6 Å². The average Bonchev–Trinajstić information content (AvgIpc) is 3.09. The van der Waals surface area contributed by atoms with Gasteiger partial charge in [-0.15, -0.1) is 5.06 Å². The van der Waals surface area contributed by atoms with Crippen molar-refractivity contribution >= 4 is 22.8 Å². The van der Waals surface area contributed by atoms with E-state index in [0.717, 1.165) is 5.06 Å². The third kappa shape index (κ3) is 2.35. The van der Waals surface area contributed by atoms with E-state index in [2.05, 4.69) is 9.97 Å². The van der Waals surface area contributed by atoms with Crippen molar-refractivity contribution in [1.82, 2.24) is 15.0 Å². The van der Waals surface area contributed by atoms with Crippen LogP contribution in [0.4, 0.5) is 4.39 Å². The summed E-state index contributed by atoms with van der Waals surface area (Å²) < 4.78 is 13.2. The first-order chi connectivity index (χ1) is 11.6. The normalized spacial score (nSPS) is 13.8. The third-order valence-corrected chi connectivity index (χ3v) is 3.81. The zero-order valence-electron chi connectivity index (χ0n) is 12.5. The van der Waals surface area contributed by atoms with E-state index in [9.17, 15) is 14.0 Å². The fourth-order valence-corrected chi connectivity index (χ4v) is 2.67. The first-order valence-electron chi connectivity index (χ1n) is 7.38. The fraction of sp³-hybridized carbons (Fsp3) is 0.118. The predicted octanol–water partition coefficient (Wildman–Crippen LogP) is 2.47. The number of nitrogens with zero attached hydrogens (tertiary/aromatic N) is 2. The standard InChI is InChI=1S/C17H12FN3O3/c18-10-5-6-13-14(9-10)20-15(19-13)7-8-24-21-16(22)11-3-1-2-4-12(11)17(21)23/h1-6,9H,7-8H2,(H,19,20). The highest BCUT2D eigenvalue weighted by molar-refractivity contribution is 6.20. The molecule has 0 fully saturated rings. The lowest BCUT2D eigenvalue weighted by molar-refractivity contribution is -0.0905. The molecule has 0 unspecified atom stereocenters. The summed E-state index contributed by atoms with van der Waals surface area (Å²) in [7, 11) is 0. The zero-order valence-corrected chi connectivity index (χ0v) is 12.5. The van der Waals surface area contributed by atoms with Crippen molar-refractivity contribution in [3.05, 3.63) is 65.2 Å². The van der Waals surface area contributed by atoms with E-state index in [1.54, 1.807) is 30.3 Å². The van der Waals surface area contributed by atoms with Crippen LogP contribution in [0.25, 0.3) is 11.0 Å². The number of benzene rings is 2. The molecule has 2 heterocycles. The van der Waals surface area contributed by atoms with Gasteiger partial charge in [0.25, 0.3) is 11.8 Å². The Kier molecular flexibility index (Phi) is 3.35. The molecule has 0 spiro atoms. The molecular weight excluding hydrogens is 313 g/mol. The summed E-state index contributed by atoms with van der Waals surface area (Å²) in [6, 6.07) is 10.8. The molecule has 1 aliphatic heterocycles. The maximum Gasteiger partial charge on any atom is 0.285 e. The van der Waals surface area contributed by atoms with Gasteiger partial charge < -0.3 is 4.98 Å². The average molecular weight is 325 g/mol. The Balaban J connectivity index is 1.44. The number of aromatic nitrogens is 2. The molecule has 2 aromatic carbocycles. The summed E-state index contributed by atoms with van der Waals surface area (Å²) in [6.45, 7) is 0.0910. The van der Waals surface area contributed by atoms with Crippen molar-refractivity contribution < 1.29 is 18.8 Å². The van der Waals surface area contributed by atoms with Crippen molar-refractivity contribution in [2.45, 2.75) is 6.42 Å². The Hall–Kier alpha value is -3.06. The molecule has 6 nitrogen and oxygen atoms in total. The number of halogens is 1. The Labute approximate surface area is 135 Å². The minimum atomic E-state index is -0.470.